The largest absolute Gasteiger partial charge is 1.20 e. The van der Waals surface area contributed by atoms with Gasteiger partial charge in [0.1, 0.15) is 0 Å². The number of allylic oxidation sites excluding steroid dienone is 3. The smallest absolute Gasteiger partial charge is 0.551 e. The van der Waals surface area contributed by atoms with Crippen molar-refractivity contribution in [2.45, 2.75) is 156 Å². The van der Waals surface area contributed by atoms with Gasteiger partial charge >= 0.3 is 33.1 Å². The first kappa shape index (κ1) is 45.6. The van der Waals surface area contributed by atoms with E-state index >= 15 is 0 Å². The lowest BCUT2D eigenvalue weighted by molar-refractivity contribution is -0.152. The zero-order chi connectivity index (χ0) is 36.4. The first-order valence-corrected chi connectivity index (χ1v) is 19.2. The van der Waals surface area contributed by atoms with Crippen LogP contribution >= 0.6 is 0 Å². The molecule has 49 heavy (non-hydrogen) atoms. The van der Waals surface area contributed by atoms with E-state index in [1.54, 1.807) is 18.2 Å². The maximum absolute atomic E-state index is 12.4. The molecule has 0 bridgehead atoms. The first-order chi connectivity index (χ1) is 23.7. The van der Waals surface area contributed by atoms with Crippen LogP contribution in [0.4, 0.5) is 0 Å². The molecular weight excluding hydrogens is 651 g/mol. The molecule has 12 nitrogen and oxygen atoms in total. The second-order valence-corrected chi connectivity index (χ2v) is 12.7. The molecule has 0 saturated heterocycles. The minimum absolute atomic E-state index is 0.321. The van der Waals surface area contributed by atoms with Crippen molar-refractivity contribution in [3.05, 3.63) is 37.0 Å². The van der Waals surface area contributed by atoms with Crippen LogP contribution in [0.15, 0.2) is 37.0 Å². The number of esters is 3. The number of hydrogen-bond donors (Lipinski definition) is 0. The van der Waals surface area contributed by atoms with Gasteiger partial charge in [-0.3, -0.25) is 28.8 Å². The lowest BCUT2D eigenvalue weighted by Gasteiger charge is -2.13. The van der Waals surface area contributed by atoms with Crippen molar-refractivity contribution < 1.29 is 54.3 Å². The highest BCUT2D eigenvalue weighted by Crippen LogP contribution is 2.09. The van der Waals surface area contributed by atoms with Crippen LogP contribution in [0, 0.1) is 0 Å². The fourth-order valence-electron chi connectivity index (χ4n) is 4.00. The second kappa shape index (κ2) is 33.1. The zero-order valence-corrected chi connectivity index (χ0v) is 30.9. The van der Waals surface area contributed by atoms with Crippen molar-refractivity contribution >= 4 is 51.0 Å². The molecule has 0 unspecified atom stereocenters. The second-order valence-electron chi connectivity index (χ2n) is 11.4. The van der Waals surface area contributed by atoms with E-state index in [4.69, 9.17) is 25.6 Å². The molecule has 0 aliphatic carbocycles. The van der Waals surface area contributed by atoms with E-state index in [0.717, 1.165) is 96.3 Å². The molecule has 0 spiro atoms. The summed E-state index contributed by atoms with van der Waals surface area (Å²) in [5.74, 6) is -4.87. The Morgan fingerprint density at radius 3 is 0.918 bits per heavy atom. The average Bonchev–Trinajstić information content (AvgIpc) is 3.07. The van der Waals surface area contributed by atoms with E-state index in [0.29, 0.717) is 0 Å². The number of carbonyl (C=O) groups is 6. The molecule has 0 rings (SSSR count). The molecule has 0 aromatic heterocycles. The Labute approximate surface area is 297 Å². The fourth-order valence-corrected chi connectivity index (χ4v) is 5.14. The van der Waals surface area contributed by atoms with Gasteiger partial charge in [0, 0.05) is 0 Å². The summed E-state index contributed by atoms with van der Waals surface area (Å²) < 4.78 is 30.2. The molecule has 0 amide bonds. The quantitative estimate of drug-likeness (QED) is 0.0233. The van der Waals surface area contributed by atoms with Gasteiger partial charge in [-0.1, -0.05) is 78.6 Å². The average molecular weight is 709 g/mol. The summed E-state index contributed by atoms with van der Waals surface area (Å²) in [7, 11) is 0. The van der Waals surface area contributed by atoms with Gasteiger partial charge in [-0.25, -0.2) is 0 Å². The van der Waals surface area contributed by atoms with Crippen molar-refractivity contribution in [1.82, 2.24) is 0 Å². The van der Waals surface area contributed by atoms with Crippen molar-refractivity contribution in [2.24, 2.45) is 0 Å². The van der Waals surface area contributed by atoms with Crippen molar-refractivity contribution in [3.8, 4) is 0 Å². The standard InChI is InChI=1S/3C12H20O4.Al/c3*1-2-3-4-5-6-7-10-16-12(15)9-8-11(13)14;/h3*7,10H,2-6,8-9H2,1H3,(H,13,14);/q;;;+3/p-3. The number of rotatable bonds is 30. The third-order valence-corrected chi connectivity index (χ3v) is 8.21. The molecular formula is C36H57AlO12. The van der Waals surface area contributed by atoms with Crippen LogP contribution in [0.1, 0.15) is 156 Å². The molecule has 0 aliphatic heterocycles. The summed E-state index contributed by atoms with van der Waals surface area (Å²) in [6.45, 7) is 6.35. The maximum atomic E-state index is 12.4. The van der Waals surface area contributed by atoms with Gasteiger partial charge in [-0.05, 0) is 56.8 Å². The van der Waals surface area contributed by atoms with E-state index in [1.165, 1.54) is 18.8 Å². The van der Waals surface area contributed by atoms with Gasteiger partial charge in [-0.15, -0.1) is 0 Å². The van der Waals surface area contributed by atoms with Crippen LogP contribution in [-0.4, -0.2) is 51.0 Å². The van der Waals surface area contributed by atoms with E-state index < -0.39 is 70.2 Å². The summed E-state index contributed by atoms with van der Waals surface area (Å²) in [4.78, 5) is 73.3. The van der Waals surface area contributed by atoms with Gasteiger partial charge in [-0.2, -0.15) is 0 Å². The topological polar surface area (TPSA) is 158 Å². The minimum Gasteiger partial charge on any atom is -0.551 e. The highest BCUT2D eigenvalue weighted by Gasteiger charge is 2.49. The molecule has 0 radical (unpaired) electrons. The Bertz CT molecular complexity index is 909. The van der Waals surface area contributed by atoms with Crippen molar-refractivity contribution in [2.75, 3.05) is 0 Å². The Balaban J connectivity index is 4.88. The summed E-state index contributed by atoms with van der Waals surface area (Å²) in [5, 5.41) is 0. The van der Waals surface area contributed by atoms with Crippen LogP contribution in [0.3, 0.4) is 0 Å². The summed E-state index contributed by atoms with van der Waals surface area (Å²) in [6, 6.07) is 0. The molecule has 0 heterocycles. The molecule has 0 saturated carbocycles. The molecule has 0 fully saturated rings. The number of hydrogen-bond acceptors (Lipinski definition) is 12. The minimum atomic E-state index is -3.77. The van der Waals surface area contributed by atoms with Gasteiger partial charge in [0.2, 0.25) is 0 Å². The third kappa shape index (κ3) is 31.6. The maximum Gasteiger partial charge on any atom is 1.20 e. The summed E-state index contributed by atoms with van der Waals surface area (Å²) in [5.41, 5.74) is 0. The number of carbonyl (C=O) groups excluding carboxylic acids is 6. The Kier molecular flexibility index (Phi) is 30.8. The SMILES string of the molecule is CCCCCCC=COC(=O)CCC(=O)[O][Al]([O]C(=O)CCC(=O)OC=CCCCCCC)[O]C(=O)CCC(=O)OC=CCCCCCC. The van der Waals surface area contributed by atoms with E-state index in [2.05, 4.69) is 20.8 Å². The molecule has 0 aliphatic rings. The van der Waals surface area contributed by atoms with Crippen molar-refractivity contribution in [3.63, 3.8) is 0 Å². The Morgan fingerprint density at radius 1 is 0.388 bits per heavy atom. The van der Waals surface area contributed by atoms with Crippen LogP contribution in [0.5, 0.6) is 0 Å². The summed E-state index contributed by atoms with van der Waals surface area (Å²) >= 11 is -3.77. The van der Waals surface area contributed by atoms with Gasteiger partial charge < -0.3 is 25.6 Å². The lowest BCUT2D eigenvalue weighted by atomic mass is 10.1. The monoisotopic (exact) mass is 708 g/mol. The van der Waals surface area contributed by atoms with Gasteiger partial charge in [0.25, 0.3) is 17.9 Å². The van der Waals surface area contributed by atoms with E-state index in [-0.39, 0.29) is 19.3 Å². The molecule has 13 heteroatoms. The summed E-state index contributed by atoms with van der Waals surface area (Å²) in [6.07, 6.45) is 22.1. The van der Waals surface area contributed by atoms with Crippen LogP contribution in [0.2, 0.25) is 0 Å². The molecule has 276 valence electrons. The van der Waals surface area contributed by atoms with Gasteiger partial charge in [0.15, 0.2) is 0 Å². The van der Waals surface area contributed by atoms with E-state index in [9.17, 15) is 28.8 Å². The fraction of sp³-hybridized carbons (Fsp3) is 0.667. The molecule has 0 aromatic carbocycles. The Morgan fingerprint density at radius 2 is 0.653 bits per heavy atom. The Hall–Kier alpha value is -3.43. The molecule has 0 atom stereocenters. The lowest BCUT2D eigenvalue weighted by Crippen LogP contribution is -2.35. The predicted octanol–water partition coefficient (Wildman–Crippen LogP) is 8.02. The normalized spacial score (nSPS) is 11.1. The highest BCUT2D eigenvalue weighted by molar-refractivity contribution is 6.44. The highest BCUT2D eigenvalue weighted by atomic mass is 27.3. The van der Waals surface area contributed by atoms with E-state index in [1.807, 2.05) is 0 Å². The van der Waals surface area contributed by atoms with Crippen LogP contribution < -0.4 is 0 Å². The number of ether oxygens (including phenoxy) is 3. The third-order valence-electron chi connectivity index (χ3n) is 6.84. The first-order valence-electron chi connectivity index (χ1n) is 17.8. The van der Waals surface area contributed by atoms with Crippen LogP contribution in [0.25, 0.3) is 0 Å². The predicted molar refractivity (Wildman–Crippen MR) is 184 cm³/mol. The zero-order valence-electron chi connectivity index (χ0n) is 29.8. The van der Waals surface area contributed by atoms with Crippen molar-refractivity contribution in [1.29, 1.82) is 0 Å². The molecule has 0 aromatic rings. The number of unbranched alkanes of at least 4 members (excludes halogenated alkanes) is 12. The van der Waals surface area contributed by atoms with Gasteiger partial charge in [0.05, 0.1) is 57.3 Å². The van der Waals surface area contributed by atoms with Crippen LogP contribution in [-0.2, 0) is 54.3 Å². The molecule has 0 N–H and O–H groups in total.